The van der Waals surface area contributed by atoms with E-state index in [0.717, 1.165) is 12.1 Å². The fourth-order valence-corrected chi connectivity index (χ4v) is 3.46. The van der Waals surface area contributed by atoms with Crippen LogP contribution in [0.4, 0.5) is 13.2 Å². The number of rotatable bonds is 6. The van der Waals surface area contributed by atoms with E-state index in [0.29, 0.717) is 28.7 Å². The van der Waals surface area contributed by atoms with Crippen LogP contribution in [0.1, 0.15) is 15.9 Å². The number of carbonyl (C=O) groups is 1. The van der Waals surface area contributed by atoms with Crippen LogP contribution >= 0.6 is 0 Å². The van der Waals surface area contributed by atoms with Crippen molar-refractivity contribution < 1.29 is 26.4 Å². The maximum atomic E-state index is 12.5. The lowest BCUT2D eigenvalue weighted by atomic mass is 10.1. The first-order chi connectivity index (χ1) is 13.2. The van der Waals surface area contributed by atoms with Gasteiger partial charge in [-0.05, 0) is 42.5 Å². The molecule has 6 nitrogen and oxygen atoms in total. The fraction of sp³-hybridized carbons (Fsp3) is 0.111. The third-order valence-electron chi connectivity index (χ3n) is 3.87. The van der Waals surface area contributed by atoms with E-state index in [1.807, 2.05) is 0 Å². The van der Waals surface area contributed by atoms with E-state index < -0.39 is 21.8 Å². The zero-order valence-electron chi connectivity index (χ0n) is 14.2. The summed E-state index contributed by atoms with van der Waals surface area (Å²) in [6.45, 7) is -0.199. The number of carbonyl (C=O) groups excluding carboxylic acids is 1. The van der Waals surface area contributed by atoms with Crippen molar-refractivity contribution >= 4 is 26.8 Å². The summed E-state index contributed by atoms with van der Waals surface area (Å²) in [5, 5.41) is 0.641. The second-order valence-electron chi connectivity index (χ2n) is 5.74. The number of benzene rings is 1. The summed E-state index contributed by atoms with van der Waals surface area (Å²) < 4.78 is 64.1. The predicted octanol–water partition coefficient (Wildman–Crippen LogP) is 3.30. The number of halogens is 3. The van der Waals surface area contributed by atoms with Gasteiger partial charge >= 0.3 is 6.18 Å². The van der Waals surface area contributed by atoms with Crippen LogP contribution in [0.5, 0.6) is 0 Å². The second-order valence-corrected chi connectivity index (χ2v) is 7.51. The Hall–Kier alpha value is -2.98. The van der Waals surface area contributed by atoms with E-state index in [1.165, 1.54) is 18.3 Å². The molecule has 0 amide bonds. The first kappa shape index (κ1) is 19.8. The lowest BCUT2D eigenvalue weighted by Gasteiger charge is -2.08. The van der Waals surface area contributed by atoms with Crippen molar-refractivity contribution in [3.8, 4) is 0 Å². The van der Waals surface area contributed by atoms with Crippen LogP contribution in [0.2, 0.25) is 0 Å². The number of H-pyrrole nitrogens is 1. The van der Waals surface area contributed by atoms with Crippen molar-refractivity contribution in [2.75, 3.05) is 6.54 Å². The standard InChI is InChI=1S/C18H14F3N3O3S/c19-18(20,21)12-5-7-13(8-6-12)28(26,27)24-10-2-4-16(25)15-11-23-17-14(15)3-1-9-22-17/h1-9,11,24H,10H2,(H,22,23)/b4-2+. The molecule has 2 aromatic heterocycles. The van der Waals surface area contributed by atoms with Crippen LogP contribution in [-0.2, 0) is 16.2 Å². The predicted molar refractivity (Wildman–Crippen MR) is 96.2 cm³/mol. The lowest BCUT2D eigenvalue weighted by molar-refractivity contribution is -0.137. The number of alkyl halides is 3. The van der Waals surface area contributed by atoms with Crippen LogP contribution in [0.3, 0.4) is 0 Å². The molecule has 3 rings (SSSR count). The number of ketones is 1. The van der Waals surface area contributed by atoms with Crippen LogP contribution in [-0.4, -0.2) is 30.7 Å². The Bertz CT molecular complexity index is 1130. The molecule has 146 valence electrons. The lowest BCUT2D eigenvalue weighted by Crippen LogP contribution is -2.24. The molecule has 28 heavy (non-hydrogen) atoms. The molecule has 0 unspecified atom stereocenters. The molecule has 0 saturated heterocycles. The molecule has 0 radical (unpaired) electrons. The zero-order valence-corrected chi connectivity index (χ0v) is 15.0. The monoisotopic (exact) mass is 409 g/mol. The van der Waals surface area contributed by atoms with Gasteiger partial charge in [0.1, 0.15) is 5.65 Å². The third kappa shape index (κ3) is 4.29. The summed E-state index contributed by atoms with van der Waals surface area (Å²) in [5.41, 5.74) is 0.0114. The van der Waals surface area contributed by atoms with Crippen molar-refractivity contribution in [3.05, 3.63) is 72.1 Å². The van der Waals surface area contributed by atoms with Gasteiger partial charge in [-0.25, -0.2) is 18.1 Å². The molecule has 0 bridgehead atoms. The maximum absolute atomic E-state index is 12.5. The average molecular weight is 409 g/mol. The Morgan fingerprint density at radius 2 is 1.89 bits per heavy atom. The minimum atomic E-state index is -4.54. The zero-order chi connectivity index (χ0) is 20.4. The molecule has 0 aliphatic heterocycles. The highest BCUT2D eigenvalue weighted by atomic mass is 32.2. The molecule has 0 fully saturated rings. The molecular formula is C18H14F3N3O3S. The molecule has 0 atom stereocenters. The molecule has 2 heterocycles. The van der Waals surface area contributed by atoms with Gasteiger partial charge in [0.2, 0.25) is 10.0 Å². The number of nitrogens with zero attached hydrogens (tertiary/aromatic N) is 1. The van der Waals surface area contributed by atoms with E-state index >= 15 is 0 Å². The maximum Gasteiger partial charge on any atom is 0.416 e. The highest BCUT2D eigenvalue weighted by molar-refractivity contribution is 7.89. The van der Waals surface area contributed by atoms with E-state index in [2.05, 4.69) is 14.7 Å². The van der Waals surface area contributed by atoms with E-state index in [1.54, 1.807) is 18.3 Å². The van der Waals surface area contributed by atoms with Gasteiger partial charge in [-0.15, -0.1) is 0 Å². The highest BCUT2D eigenvalue weighted by Crippen LogP contribution is 2.29. The van der Waals surface area contributed by atoms with E-state index in [9.17, 15) is 26.4 Å². The number of pyridine rings is 1. The van der Waals surface area contributed by atoms with Gasteiger partial charge in [-0.3, -0.25) is 4.79 Å². The number of aromatic nitrogens is 2. The van der Waals surface area contributed by atoms with Crippen molar-refractivity contribution in [2.45, 2.75) is 11.1 Å². The highest BCUT2D eigenvalue weighted by Gasteiger charge is 2.30. The number of hydrogen-bond acceptors (Lipinski definition) is 4. The number of allylic oxidation sites excluding steroid dienone is 1. The molecule has 2 N–H and O–H groups in total. The van der Waals surface area contributed by atoms with Crippen LogP contribution < -0.4 is 4.72 Å². The summed E-state index contributed by atoms with van der Waals surface area (Å²) in [6.07, 6.45) is 1.08. The van der Waals surface area contributed by atoms with Crippen molar-refractivity contribution in [1.82, 2.24) is 14.7 Å². The van der Waals surface area contributed by atoms with Gasteiger partial charge in [0.15, 0.2) is 5.78 Å². The smallest absolute Gasteiger partial charge is 0.345 e. The quantitative estimate of drug-likeness (QED) is 0.483. The summed E-state index contributed by atoms with van der Waals surface area (Å²) in [7, 11) is -4.01. The molecule has 1 aromatic carbocycles. The minimum Gasteiger partial charge on any atom is -0.345 e. The van der Waals surface area contributed by atoms with Crippen molar-refractivity contribution in [3.63, 3.8) is 0 Å². The average Bonchev–Trinajstić information content (AvgIpc) is 3.09. The van der Waals surface area contributed by atoms with E-state index in [-0.39, 0.29) is 17.2 Å². The molecule has 0 saturated carbocycles. The summed E-state index contributed by atoms with van der Waals surface area (Å²) in [5.74, 6) is -0.340. The molecule has 0 spiro atoms. The van der Waals surface area contributed by atoms with Gasteiger partial charge in [-0.1, -0.05) is 6.08 Å². The Kier molecular flexibility index (Phi) is 5.34. The molecular weight excluding hydrogens is 395 g/mol. The van der Waals surface area contributed by atoms with Gasteiger partial charge in [0.25, 0.3) is 0 Å². The van der Waals surface area contributed by atoms with Crippen molar-refractivity contribution in [1.29, 1.82) is 0 Å². The SMILES string of the molecule is O=C(/C=C/CNS(=O)(=O)c1ccc(C(F)(F)F)cc1)c1c[nH]c2ncccc12. The summed E-state index contributed by atoms with van der Waals surface area (Å²) in [6, 6.07) is 6.55. The van der Waals surface area contributed by atoms with Crippen LogP contribution in [0.15, 0.2) is 65.8 Å². The fourth-order valence-electron chi connectivity index (χ4n) is 2.48. The number of sulfonamides is 1. The van der Waals surface area contributed by atoms with Gasteiger partial charge in [-0.2, -0.15) is 13.2 Å². The topological polar surface area (TPSA) is 91.9 Å². The van der Waals surface area contributed by atoms with Crippen molar-refractivity contribution in [2.24, 2.45) is 0 Å². The first-order valence-electron chi connectivity index (χ1n) is 7.98. The molecule has 3 aromatic rings. The van der Waals surface area contributed by atoms with Gasteiger partial charge < -0.3 is 4.98 Å². The summed E-state index contributed by atoms with van der Waals surface area (Å²) >= 11 is 0. The number of hydrogen-bond donors (Lipinski definition) is 2. The van der Waals surface area contributed by atoms with Crippen LogP contribution in [0.25, 0.3) is 11.0 Å². The van der Waals surface area contributed by atoms with Crippen LogP contribution in [0, 0.1) is 0 Å². The Morgan fingerprint density at radius 3 is 2.57 bits per heavy atom. The van der Waals surface area contributed by atoms with E-state index in [4.69, 9.17) is 0 Å². The molecule has 0 aliphatic carbocycles. The minimum absolute atomic E-state index is 0.199. The molecule has 10 heteroatoms. The van der Waals surface area contributed by atoms with Gasteiger partial charge in [0.05, 0.1) is 10.5 Å². The Morgan fingerprint density at radius 1 is 1.18 bits per heavy atom. The van der Waals surface area contributed by atoms with Gasteiger partial charge in [0, 0.05) is 29.9 Å². The number of fused-ring (bicyclic) bond motifs is 1. The third-order valence-corrected chi connectivity index (χ3v) is 5.31. The second kappa shape index (κ2) is 7.56. The molecule has 0 aliphatic rings. The Labute approximate surface area is 158 Å². The Balaban J connectivity index is 1.64. The number of nitrogens with one attached hydrogen (secondary N) is 2. The number of aromatic amines is 1. The normalized spacial score (nSPS) is 12.7. The largest absolute Gasteiger partial charge is 0.416 e. The summed E-state index contributed by atoms with van der Waals surface area (Å²) in [4.78, 5) is 18.9. The first-order valence-corrected chi connectivity index (χ1v) is 9.47.